The van der Waals surface area contributed by atoms with Crippen molar-refractivity contribution in [1.29, 1.82) is 0 Å². The largest absolute Gasteiger partial charge is 0.388 e. The fourth-order valence-corrected chi connectivity index (χ4v) is 2.86. The Labute approximate surface area is 123 Å². The first kappa shape index (κ1) is 15.4. The van der Waals surface area contributed by atoms with Crippen molar-refractivity contribution in [2.45, 2.75) is 38.2 Å². The summed E-state index contributed by atoms with van der Waals surface area (Å²) in [5.74, 6) is -0.307. The molecule has 1 N–H and O–H groups in total. The average Bonchev–Trinajstić information content (AvgIpc) is 2.84. The lowest BCUT2D eigenvalue weighted by Crippen LogP contribution is -2.42. The second kappa shape index (κ2) is 5.81. The van der Waals surface area contributed by atoms with E-state index in [1.807, 2.05) is 0 Å². The van der Waals surface area contributed by atoms with Crippen LogP contribution in [0.2, 0.25) is 0 Å². The van der Waals surface area contributed by atoms with Gasteiger partial charge in [0, 0.05) is 30.8 Å². The van der Waals surface area contributed by atoms with Gasteiger partial charge in [0.2, 0.25) is 0 Å². The molecular formula is C15H20N2O4. The molecule has 114 valence electrons. The molecule has 0 saturated heterocycles. The summed E-state index contributed by atoms with van der Waals surface area (Å²) in [7, 11) is 1.62. The van der Waals surface area contributed by atoms with Gasteiger partial charge in [0.25, 0.3) is 11.6 Å². The van der Waals surface area contributed by atoms with Crippen LogP contribution in [0.1, 0.15) is 41.6 Å². The van der Waals surface area contributed by atoms with Crippen molar-refractivity contribution in [3.63, 3.8) is 0 Å². The minimum Gasteiger partial charge on any atom is -0.388 e. The first-order valence-electron chi connectivity index (χ1n) is 7.05. The van der Waals surface area contributed by atoms with Crippen LogP contribution in [0, 0.1) is 17.0 Å². The second-order valence-corrected chi connectivity index (χ2v) is 5.85. The number of rotatable bonds is 4. The Kier molecular flexibility index (Phi) is 4.27. The van der Waals surface area contributed by atoms with Crippen LogP contribution in [0.5, 0.6) is 0 Å². The van der Waals surface area contributed by atoms with E-state index in [0.29, 0.717) is 18.4 Å². The molecule has 1 amide bonds. The smallest absolute Gasteiger partial charge is 0.273 e. The van der Waals surface area contributed by atoms with Crippen molar-refractivity contribution in [2.75, 3.05) is 13.6 Å². The molecule has 1 saturated carbocycles. The van der Waals surface area contributed by atoms with Gasteiger partial charge in [-0.05, 0) is 25.8 Å². The summed E-state index contributed by atoms with van der Waals surface area (Å²) in [4.78, 5) is 24.2. The fraction of sp³-hybridized carbons (Fsp3) is 0.533. The minimum atomic E-state index is -0.818. The zero-order valence-corrected chi connectivity index (χ0v) is 12.3. The van der Waals surface area contributed by atoms with Crippen molar-refractivity contribution < 1.29 is 14.8 Å². The molecule has 0 aromatic heterocycles. The van der Waals surface area contributed by atoms with Crippen LogP contribution >= 0.6 is 0 Å². The number of nitro groups is 1. The van der Waals surface area contributed by atoms with Crippen molar-refractivity contribution in [3.8, 4) is 0 Å². The Morgan fingerprint density at radius 3 is 2.62 bits per heavy atom. The molecule has 1 aliphatic carbocycles. The van der Waals surface area contributed by atoms with Crippen molar-refractivity contribution in [3.05, 3.63) is 39.4 Å². The van der Waals surface area contributed by atoms with Gasteiger partial charge in [-0.15, -0.1) is 0 Å². The monoisotopic (exact) mass is 292 g/mol. The quantitative estimate of drug-likeness (QED) is 0.681. The first-order valence-corrected chi connectivity index (χ1v) is 7.05. The number of nitrogens with zero attached hydrogens (tertiary/aromatic N) is 2. The maximum atomic E-state index is 12.4. The highest BCUT2D eigenvalue weighted by molar-refractivity contribution is 5.94. The van der Waals surface area contributed by atoms with Gasteiger partial charge in [0.15, 0.2) is 0 Å². The third-order valence-electron chi connectivity index (χ3n) is 4.07. The number of aliphatic hydroxyl groups is 1. The molecule has 6 heteroatoms. The zero-order valence-electron chi connectivity index (χ0n) is 12.3. The number of carbonyl (C=O) groups excluding carboxylic acids is 1. The third kappa shape index (κ3) is 3.39. The number of likely N-dealkylation sites (N-methyl/N-ethyl adjacent to an activating group) is 1. The van der Waals surface area contributed by atoms with Crippen molar-refractivity contribution >= 4 is 11.6 Å². The maximum absolute atomic E-state index is 12.4. The van der Waals surface area contributed by atoms with E-state index >= 15 is 0 Å². The Bertz CT molecular complexity index is 565. The molecule has 1 aromatic carbocycles. The normalized spacial score (nSPS) is 16.7. The Balaban J connectivity index is 2.15. The topological polar surface area (TPSA) is 83.7 Å². The van der Waals surface area contributed by atoms with Gasteiger partial charge in [-0.1, -0.05) is 18.9 Å². The summed E-state index contributed by atoms with van der Waals surface area (Å²) < 4.78 is 0. The van der Waals surface area contributed by atoms with E-state index in [4.69, 9.17) is 0 Å². The molecule has 0 atom stereocenters. The third-order valence-corrected chi connectivity index (χ3v) is 4.07. The van der Waals surface area contributed by atoms with E-state index in [1.54, 1.807) is 26.1 Å². The lowest BCUT2D eigenvalue weighted by molar-refractivity contribution is -0.385. The van der Waals surface area contributed by atoms with Crippen LogP contribution in [-0.2, 0) is 0 Å². The van der Waals surface area contributed by atoms with Crippen LogP contribution in [0.25, 0.3) is 0 Å². The van der Waals surface area contributed by atoms with E-state index in [1.165, 1.54) is 11.0 Å². The minimum absolute atomic E-state index is 0.0613. The van der Waals surface area contributed by atoms with E-state index < -0.39 is 10.5 Å². The highest BCUT2D eigenvalue weighted by Gasteiger charge is 2.33. The summed E-state index contributed by atoms with van der Waals surface area (Å²) in [5.41, 5.74) is -0.0834. The Morgan fingerprint density at radius 2 is 2.05 bits per heavy atom. The van der Waals surface area contributed by atoms with Crippen LogP contribution in [0.15, 0.2) is 18.2 Å². The SMILES string of the molecule is Cc1ccc(C(=O)N(C)CC2(O)CCCC2)cc1[N+](=O)[O-]. The molecule has 0 unspecified atom stereocenters. The molecule has 21 heavy (non-hydrogen) atoms. The first-order chi connectivity index (χ1) is 9.82. The predicted octanol–water partition coefficient (Wildman–Crippen LogP) is 2.28. The van der Waals surface area contributed by atoms with Gasteiger partial charge >= 0.3 is 0 Å². The summed E-state index contributed by atoms with van der Waals surface area (Å²) in [6.07, 6.45) is 3.32. The van der Waals surface area contributed by atoms with Gasteiger partial charge in [-0.2, -0.15) is 0 Å². The van der Waals surface area contributed by atoms with Gasteiger partial charge in [0.1, 0.15) is 0 Å². The van der Waals surface area contributed by atoms with E-state index in [9.17, 15) is 20.0 Å². The standard InChI is InChI=1S/C15H20N2O4/c1-11-5-6-12(9-13(11)17(20)21)14(18)16(2)10-15(19)7-3-4-8-15/h5-6,9,19H,3-4,7-8,10H2,1-2H3. The molecule has 1 aromatic rings. The van der Waals surface area contributed by atoms with Gasteiger partial charge in [-0.25, -0.2) is 0 Å². The number of carbonyl (C=O) groups is 1. The van der Waals surface area contributed by atoms with E-state index in [0.717, 1.165) is 12.8 Å². The van der Waals surface area contributed by atoms with Gasteiger partial charge < -0.3 is 10.0 Å². The molecule has 0 radical (unpaired) electrons. The highest BCUT2D eigenvalue weighted by atomic mass is 16.6. The fourth-order valence-electron chi connectivity index (χ4n) is 2.86. The van der Waals surface area contributed by atoms with Crippen LogP contribution in [-0.4, -0.2) is 40.0 Å². The molecule has 0 heterocycles. The van der Waals surface area contributed by atoms with E-state index in [2.05, 4.69) is 0 Å². The summed E-state index contributed by atoms with van der Waals surface area (Å²) in [6, 6.07) is 4.45. The Hall–Kier alpha value is -1.95. The van der Waals surface area contributed by atoms with Crippen molar-refractivity contribution in [2.24, 2.45) is 0 Å². The van der Waals surface area contributed by atoms with E-state index in [-0.39, 0.29) is 23.7 Å². The number of nitro benzene ring substituents is 1. The molecule has 0 aliphatic heterocycles. The lowest BCUT2D eigenvalue weighted by Gasteiger charge is -2.28. The summed E-state index contributed by atoms with van der Waals surface area (Å²) in [6.45, 7) is 1.89. The number of benzene rings is 1. The second-order valence-electron chi connectivity index (χ2n) is 5.85. The van der Waals surface area contributed by atoms with Gasteiger partial charge in [0.05, 0.1) is 10.5 Å². The average molecular weight is 292 g/mol. The molecule has 2 rings (SSSR count). The number of aryl methyl sites for hydroxylation is 1. The molecule has 6 nitrogen and oxygen atoms in total. The van der Waals surface area contributed by atoms with Crippen LogP contribution in [0.4, 0.5) is 5.69 Å². The molecule has 0 spiro atoms. The maximum Gasteiger partial charge on any atom is 0.273 e. The molecule has 1 aliphatic rings. The lowest BCUT2D eigenvalue weighted by atomic mass is 10.0. The Morgan fingerprint density at radius 1 is 1.43 bits per heavy atom. The highest BCUT2D eigenvalue weighted by Crippen LogP contribution is 2.30. The molecule has 1 fully saturated rings. The molecular weight excluding hydrogens is 272 g/mol. The van der Waals surface area contributed by atoms with Crippen LogP contribution in [0.3, 0.4) is 0 Å². The number of hydrogen-bond acceptors (Lipinski definition) is 4. The van der Waals surface area contributed by atoms with Crippen LogP contribution < -0.4 is 0 Å². The number of amides is 1. The summed E-state index contributed by atoms with van der Waals surface area (Å²) >= 11 is 0. The summed E-state index contributed by atoms with van der Waals surface area (Å²) in [5, 5.41) is 21.3. The number of hydrogen-bond donors (Lipinski definition) is 1. The van der Waals surface area contributed by atoms with Gasteiger partial charge in [-0.3, -0.25) is 14.9 Å². The zero-order chi connectivity index (χ0) is 15.6. The predicted molar refractivity (Wildman–Crippen MR) is 78.2 cm³/mol. The van der Waals surface area contributed by atoms with Crippen molar-refractivity contribution in [1.82, 2.24) is 4.90 Å². The molecule has 0 bridgehead atoms.